The maximum absolute atomic E-state index is 11.4. The van der Waals surface area contributed by atoms with Gasteiger partial charge in [-0.25, -0.2) is 0 Å². The standard InChI is InChI=1S/C13H14O2/c1-13(2,3)9-4-5-10-8(6-9)7-11(14)12(10)15/h4-6H,7H2,1-3H3. The average molecular weight is 202 g/mol. The number of hydrogen-bond donors (Lipinski definition) is 0. The van der Waals surface area contributed by atoms with Crippen LogP contribution in [0.2, 0.25) is 0 Å². The molecule has 1 aromatic rings. The van der Waals surface area contributed by atoms with Gasteiger partial charge in [-0.3, -0.25) is 9.59 Å². The molecular weight excluding hydrogens is 188 g/mol. The lowest BCUT2D eigenvalue weighted by Crippen LogP contribution is -2.11. The summed E-state index contributed by atoms with van der Waals surface area (Å²) in [6, 6.07) is 5.70. The number of fused-ring (bicyclic) bond motifs is 1. The molecule has 0 aromatic heterocycles. The highest BCUT2D eigenvalue weighted by Gasteiger charge is 2.29. The van der Waals surface area contributed by atoms with Gasteiger partial charge in [0.15, 0.2) is 0 Å². The molecule has 15 heavy (non-hydrogen) atoms. The summed E-state index contributed by atoms with van der Waals surface area (Å²) >= 11 is 0. The lowest BCUT2D eigenvalue weighted by Gasteiger charge is -2.19. The van der Waals surface area contributed by atoms with Gasteiger partial charge in [0.05, 0.1) is 0 Å². The average Bonchev–Trinajstić information content (AvgIpc) is 2.41. The first-order chi connectivity index (χ1) is 6.89. The number of hydrogen-bond acceptors (Lipinski definition) is 2. The summed E-state index contributed by atoms with van der Waals surface area (Å²) in [5.74, 6) is -0.610. The minimum atomic E-state index is -0.328. The Morgan fingerprint density at radius 1 is 1.13 bits per heavy atom. The summed E-state index contributed by atoms with van der Waals surface area (Å²) in [5, 5.41) is 0. The van der Waals surface area contributed by atoms with Crippen LogP contribution in [-0.2, 0) is 16.6 Å². The van der Waals surface area contributed by atoms with Crippen molar-refractivity contribution in [1.29, 1.82) is 0 Å². The second-order valence-corrected chi connectivity index (χ2v) is 5.05. The molecule has 1 aromatic carbocycles. The Kier molecular flexibility index (Phi) is 2.03. The second-order valence-electron chi connectivity index (χ2n) is 5.05. The third-order valence-corrected chi connectivity index (χ3v) is 2.82. The van der Waals surface area contributed by atoms with Gasteiger partial charge in [0.1, 0.15) is 0 Å². The summed E-state index contributed by atoms with van der Waals surface area (Å²) in [7, 11) is 0. The molecule has 0 N–H and O–H groups in total. The summed E-state index contributed by atoms with van der Waals surface area (Å²) in [6.45, 7) is 6.36. The van der Waals surface area contributed by atoms with Crippen LogP contribution in [0.25, 0.3) is 0 Å². The normalized spacial score (nSPS) is 15.7. The third kappa shape index (κ3) is 1.60. The Labute approximate surface area is 89.3 Å². The Hall–Kier alpha value is -1.44. The van der Waals surface area contributed by atoms with E-state index in [4.69, 9.17) is 0 Å². The van der Waals surface area contributed by atoms with Crippen LogP contribution in [0.3, 0.4) is 0 Å². The zero-order valence-electron chi connectivity index (χ0n) is 9.26. The van der Waals surface area contributed by atoms with Gasteiger partial charge in [-0.15, -0.1) is 0 Å². The molecule has 2 heteroatoms. The van der Waals surface area contributed by atoms with Crippen molar-refractivity contribution in [3.05, 3.63) is 34.9 Å². The van der Waals surface area contributed by atoms with E-state index in [1.165, 1.54) is 5.56 Å². The van der Waals surface area contributed by atoms with E-state index in [0.717, 1.165) is 5.56 Å². The van der Waals surface area contributed by atoms with Crippen LogP contribution in [0.1, 0.15) is 42.3 Å². The van der Waals surface area contributed by atoms with Crippen molar-refractivity contribution in [2.24, 2.45) is 0 Å². The van der Waals surface area contributed by atoms with E-state index in [0.29, 0.717) is 5.56 Å². The minimum Gasteiger partial charge on any atom is -0.290 e. The van der Waals surface area contributed by atoms with Crippen LogP contribution in [-0.4, -0.2) is 11.6 Å². The van der Waals surface area contributed by atoms with Gasteiger partial charge in [-0.1, -0.05) is 39.0 Å². The monoisotopic (exact) mass is 202 g/mol. The molecule has 0 amide bonds. The van der Waals surface area contributed by atoms with Gasteiger partial charge >= 0.3 is 0 Å². The van der Waals surface area contributed by atoms with E-state index in [-0.39, 0.29) is 23.4 Å². The summed E-state index contributed by atoms with van der Waals surface area (Å²) < 4.78 is 0. The predicted octanol–water partition coefficient (Wildman–Crippen LogP) is 2.29. The van der Waals surface area contributed by atoms with Crippen molar-refractivity contribution >= 4 is 11.6 Å². The molecule has 78 valence electrons. The fourth-order valence-electron chi connectivity index (χ4n) is 1.83. The first kappa shape index (κ1) is 10.1. The van der Waals surface area contributed by atoms with Crippen molar-refractivity contribution in [2.75, 3.05) is 0 Å². The molecule has 0 bridgehead atoms. The van der Waals surface area contributed by atoms with Crippen LogP contribution < -0.4 is 0 Å². The summed E-state index contributed by atoms with van der Waals surface area (Å²) in [5.41, 5.74) is 2.71. The van der Waals surface area contributed by atoms with E-state index in [1.54, 1.807) is 6.07 Å². The fraction of sp³-hybridized carbons (Fsp3) is 0.385. The van der Waals surface area contributed by atoms with E-state index in [1.807, 2.05) is 12.1 Å². The van der Waals surface area contributed by atoms with E-state index < -0.39 is 0 Å². The largest absolute Gasteiger partial charge is 0.290 e. The molecule has 1 aliphatic rings. The summed E-state index contributed by atoms with van der Waals surface area (Å²) in [4.78, 5) is 22.7. The van der Waals surface area contributed by atoms with Gasteiger partial charge in [-0.2, -0.15) is 0 Å². The van der Waals surface area contributed by atoms with Crippen molar-refractivity contribution in [3.8, 4) is 0 Å². The Bertz CT molecular complexity index is 450. The van der Waals surface area contributed by atoms with Crippen LogP contribution in [0, 0.1) is 0 Å². The van der Waals surface area contributed by atoms with Crippen LogP contribution >= 0.6 is 0 Å². The van der Waals surface area contributed by atoms with Crippen molar-refractivity contribution in [2.45, 2.75) is 32.6 Å². The molecule has 0 saturated carbocycles. The molecule has 0 saturated heterocycles. The smallest absolute Gasteiger partial charge is 0.229 e. The summed E-state index contributed by atoms with van der Waals surface area (Å²) in [6.07, 6.45) is 0.276. The number of carbonyl (C=O) groups is 2. The molecule has 0 spiro atoms. The van der Waals surface area contributed by atoms with Gasteiger partial charge in [0.2, 0.25) is 11.6 Å². The highest BCUT2D eigenvalue weighted by Crippen LogP contribution is 2.27. The Morgan fingerprint density at radius 2 is 1.80 bits per heavy atom. The zero-order chi connectivity index (χ0) is 11.2. The second kappa shape index (κ2) is 3.02. The number of rotatable bonds is 0. The van der Waals surface area contributed by atoms with Gasteiger partial charge in [-0.05, 0) is 16.5 Å². The SMILES string of the molecule is CC(C)(C)c1ccc2c(c1)CC(=O)C2=O. The predicted molar refractivity (Wildman–Crippen MR) is 58.2 cm³/mol. The molecule has 0 atom stereocenters. The highest BCUT2D eigenvalue weighted by molar-refractivity contribution is 6.47. The minimum absolute atomic E-state index is 0.0592. The first-order valence-corrected chi connectivity index (χ1v) is 5.10. The zero-order valence-corrected chi connectivity index (χ0v) is 9.26. The molecule has 2 rings (SSSR count). The molecule has 2 nitrogen and oxygen atoms in total. The number of carbonyl (C=O) groups excluding carboxylic acids is 2. The van der Waals surface area contributed by atoms with Gasteiger partial charge in [0, 0.05) is 12.0 Å². The quantitative estimate of drug-likeness (QED) is 0.605. The topological polar surface area (TPSA) is 34.1 Å². The highest BCUT2D eigenvalue weighted by atomic mass is 16.2. The maximum Gasteiger partial charge on any atom is 0.229 e. The lowest BCUT2D eigenvalue weighted by atomic mass is 9.85. The van der Waals surface area contributed by atoms with Crippen LogP contribution in [0.5, 0.6) is 0 Å². The molecular formula is C13H14O2. The van der Waals surface area contributed by atoms with E-state index in [9.17, 15) is 9.59 Å². The van der Waals surface area contributed by atoms with Crippen LogP contribution in [0.4, 0.5) is 0 Å². The number of Topliss-reactive ketones (excluding diaryl/α,β-unsaturated/α-hetero) is 2. The van der Waals surface area contributed by atoms with Gasteiger partial charge in [0.25, 0.3) is 0 Å². The third-order valence-electron chi connectivity index (χ3n) is 2.82. The van der Waals surface area contributed by atoms with E-state index in [2.05, 4.69) is 20.8 Å². The number of benzene rings is 1. The van der Waals surface area contributed by atoms with Crippen molar-refractivity contribution < 1.29 is 9.59 Å². The molecule has 0 heterocycles. The fourth-order valence-corrected chi connectivity index (χ4v) is 1.83. The van der Waals surface area contributed by atoms with Crippen molar-refractivity contribution in [1.82, 2.24) is 0 Å². The molecule has 0 radical (unpaired) electrons. The lowest BCUT2D eigenvalue weighted by molar-refractivity contribution is -0.114. The molecule has 0 fully saturated rings. The Balaban J connectivity index is 2.51. The number of ketones is 2. The van der Waals surface area contributed by atoms with Gasteiger partial charge < -0.3 is 0 Å². The molecule has 0 unspecified atom stereocenters. The van der Waals surface area contributed by atoms with E-state index >= 15 is 0 Å². The van der Waals surface area contributed by atoms with Crippen molar-refractivity contribution in [3.63, 3.8) is 0 Å². The molecule has 1 aliphatic carbocycles. The van der Waals surface area contributed by atoms with Crippen LogP contribution in [0.15, 0.2) is 18.2 Å². The molecule has 0 aliphatic heterocycles. The first-order valence-electron chi connectivity index (χ1n) is 5.10. The Morgan fingerprint density at radius 3 is 2.40 bits per heavy atom. The maximum atomic E-state index is 11.4.